The van der Waals surface area contributed by atoms with Crippen LogP contribution >= 0.6 is 11.3 Å². The Morgan fingerprint density at radius 2 is 1.69 bits per heavy atom. The zero-order chi connectivity index (χ0) is 17.8. The largest absolute Gasteiger partial charge is 0.383 e. The molecular weight excluding hydrogens is 348 g/mol. The van der Waals surface area contributed by atoms with Crippen molar-refractivity contribution in [2.75, 3.05) is 24.4 Å². The number of nitrogens with one attached hydrogen (secondary N) is 1. The zero-order valence-electron chi connectivity index (χ0n) is 14.0. The highest BCUT2D eigenvalue weighted by Gasteiger charge is 2.17. The SMILES string of the molecule is Nc1csc(NN=Cc2ccc(-c3ccc(C4OCCO4)cc3)cc2)n1. The average molecular weight is 366 g/mol. The molecule has 6 nitrogen and oxygen atoms in total. The van der Waals surface area contributed by atoms with E-state index in [1.54, 1.807) is 11.6 Å². The monoisotopic (exact) mass is 366 g/mol. The van der Waals surface area contributed by atoms with Gasteiger partial charge in [-0.1, -0.05) is 48.5 Å². The normalized spacial score (nSPS) is 14.9. The minimum absolute atomic E-state index is 0.233. The Morgan fingerprint density at radius 1 is 1.04 bits per heavy atom. The van der Waals surface area contributed by atoms with Gasteiger partial charge in [0.05, 0.1) is 19.4 Å². The maximum Gasteiger partial charge on any atom is 0.205 e. The van der Waals surface area contributed by atoms with Gasteiger partial charge in [0.25, 0.3) is 0 Å². The number of ether oxygens (including phenoxy) is 2. The van der Waals surface area contributed by atoms with E-state index in [0.717, 1.165) is 22.3 Å². The van der Waals surface area contributed by atoms with E-state index in [1.807, 2.05) is 24.3 Å². The molecule has 2 heterocycles. The molecule has 1 saturated heterocycles. The van der Waals surface area contributed by atoms with Crippen LogP contribution in [0.2, 0.25) is 0 Å². The van der Waals surface area contributed by atoms with Gasteiger partial charge in [-0.15, -0.1) is 11.3 Å². The molecule has 132 valence electrons. The Labute approximate surface area is 155 Å². The third-order valence-electron chi connectivity index (χ3n) is 3.94. The van der Waals surface area contributed by atoms with Crippen molar-refractivity contribution in [1.82, 2.24) is 4.98 Å². The predicted octanol–water partition coefficient (Wildman–Crippen LogP) is 3.88. The van der Waals surface area contributed by atoms with Crippen LogP contribution < -0.4 is 11.2 Å². The molecule has 0 amide bonds. The summed E-state index contributed by atoms with van der Waals surface area (Å²) in [5, 5.41) is 6.61. The van der Waals surface area contributed by atoms with Gasteiger partial charge in [0, 0.05) is 10.9 Å². The fourth-order valence-corrected chi connectivity index (χ4v) is 3.19. The molecule has 4 rings (SSSR count). The van der Waals surface area contributed by atoms with Crippen molar-refractivity contribution in [1.29, 1.82) is 0 Å². The van der Waals surface area contributed by atoms with E-state index in [2.05, 4.69) is 39.8 Å². The van der Waals surface area contributed by atoms with Crippen molar-refractivity contribution in [2.45, 2.75) is 6.29 Å². The Morgan fingerprint density at radius 3 is 2.31 bits per heavy atom. The van der Waals surface area contributed by atoms with Crippen molar-refractivity contribution < 1.29 is 9.47 Å². The second-order valence-corrected chi connectivity index (χ2v) is 6.62. The topological polar surface area (TPSA) is 81.8 Å². The molecule has 3 aromatic rings. The molecule has 0 bridgehead atoms. The number of nitrogen functional groups attached to an aromatic ring is 1. The Hall–Kier alpha value is -2.74. The quantitative estimate of drug-likeness (QED) is 0.529. The number of anilines is 2. The van der Waals surface area contributed by atoms with Crippen LogP contribution in [-0.2, 0) is 9.47 Å². The molecule has 1 aromatic heterocycles. The van der Waals surface area contributed by atoms with Crippen LogP contribution in [0.25, 0.3) is 11.1 Å². The fraction of sp³-hybridized carbons (Fsp3) is 0.158. The van der Waals surface area contributed by atoms with E-state index >= 15 is 0 Å². The Balaban J connectivity index is 1.40. The van der Waals surface area contributed by atoms with E-state index in [-0.39, 0.29) is 6.29 Å². The lowest BCUT2D eigenvalue weighted by Gasteiger charge is -2.10. The lowest BCUT2D eigenvalue weighted by atomic mass is 10.0. The molecule has 1 fully saturated rings. The van der Waals surface area contributed by atoms with Crippen LogP contribution in [-0.4, -0.2) is 24.4 Å². The van der Waals surface area contributed by atoms with Crippen LogP contribution in [0.15, 0.2) is 59.0 Å². The molecule has 0 spiro atoms. The number of nitrogens with two attached hydrogens (primary N) is 1. The van der Waals surface area contributed by atoms with E-state index in [0.29, 0.717) is 24.2 Å². The van der Waals surface area contributed by atoms with Gasteiger partial charge < -0.3 is 15.2 Å². The number of benzene rings is 2. The van der Waals surface area contributed by atoms with Gasteiger partial charge in [0.2, 0.25) is 5.13 Å². The van der Waals surface area contributed by atoms with Crippen molar-refractivity contribution in [2.24, 2.45) is 5.10 Å². The van der Waals surface area contributed by atoms with Gasteiger partial charge in [-0.2, -0.15) is 5.10 Å². The number of rotatable bonds is 5. The summed E-state index contributed by atoms with van der Waals surface area (Å²) in [5.41, 5.74) is 12.8. The minimum Gasteiger partial charge on any atom is -0.383 e. The molecule has 7 heteroatoms. The minimum atomic E-state index is -0.233. The van der Waals surface area contributed by atoms with Crippen LogP contribution in [0.4, 0.5) is 10.9 Å². The highest BCUT2D eigenvalue weighted by atomic mass is 32.1. The van der Waals surface area contributed by atoms with E-state index in [4.69, 9.17) is 15.2 Å². The summed E-state index contributed by atoms with van der Waals surface area (Å²) in [7, 11) is 0. The summed E-state index contributed by atoms with van der Waals surface area (Å²) < 4.78 is 11.0. The Kier molecular flexibility index (Phi) is 4.92. The molecule has 0 aliphatic carbocycles. The summed E-state index contributed by atoms with van der Waals surface area (Å²) in [5.74, 6) is 0.495. The number of thiazole rings is 1. The first-order valence-corrected chi connectivity index (χ1v) is 9.09. The summed E-state index contributed by atoms with van der Waals surface area (Å²) in [6.45, 7) is 1.31. The summed E-state index contributed by atoms with van der Waals surface area (Å²) in [6, 6.07) is 16.4. The van der Waals surface area contributed by atoms with Crippen molar-refractivity contribution in [3.8, 4) is 11.1 Å². The first kappa shape index (κ1) is 16.7. The van der Waals surface area contributed by atoms with Gasteiger partial charge in [-0.05, 0) is 16.7 Å². The molecule has 3 N–H and O–H groups in total. The van der Waals surface area contributed by atoms with Crippen LogP contribution in [0, 0.1) is 0 Å². The molecule has 0 atom stereocenters. The summed E-state index contributed by atoms with van der Waals surface area (Å²) in [4.78, 5) is 4.08. The van der Waals surface area contributed by atoms with Gasteiger partial charge in [0.15, 0.2) is 6.29 Å². The first-order valence-electron chi connectivity index (χ1n) is 8.22. The molecular formula is C19H18N4O2S. The summed E-state index contributed by atoms with van der Waals surface area (Å²) >= 11 is 1.42. The highest BCUT2D eigenvalue weighted by Crippen LogP contribution is 2.26. The molecule has 0 unspecified atom stereocenters. The smallest absolute Gasteiger partial charge is 0.205 e. The second kappa shape index (κ2) is 7.65. The van der Waals surface area contributed by atoms with Gasteiger partial charge in [-0.25, -0.2) is 4.98 Å². The molecule has 1 aliphatic heterocycles. The third-order valence-corrected chi connectivity index (χ3v) is 4.71. The number of hydrazone groups is 1. The van der Waals surface area contributed by atoms with Crippen LogP contribution in [0.5, 0.6) is 0 Å². The number of nitrogens with zero attached hydrogens (tertiary/aromatic N) is 2. The lowest BCUT2D eigenvalue weighted by Crippen LogP contribution is -1.97. The van der Waals surface area contributed by atoms with Crippen molar-refractivity contribution in [3.05, 3.63) is 65.0 Å². The maximum absolute atomic E-state index is 5.57. The van der Waals surface area contributed by atoms with Crippen LogP contribution in [0.3, 0.4) is 0 Å². The molecule has 1 aliphatic rings. The predicted molar refractivity (Wildman–Crippen MR) is 104 cm³/mol. The molecule has 2 aromatic carbocycles. The third kappa shape index (κ3) is 3.91. The number of hydrogen-bond acceptors (Lipinski definition) is 7. The Bertz CT molecular complexity index is 885. The van der Waals surface area contributed by atoms with E-state index < -0.39 is 0 Å². The van der Waals surface area contributed by atoms with Crippen LogP contribution in [0.1, 0.15) is 17.4 Å². The van der Waals surface area contributed by atoms with Crippen molar-refractivity contribution in [3.63, 3.8) is 0 Å². The zero-order valence-corrected chi connectivity index (χ0v) is 14.8. The standard InChI is InChI=1S/C19H18N4O2S/c20-17-12-26-19(22-17)23-21-11-13-1-3-14(4-2-13)15-5-7-16(8-6-15)18-24-9-10-25-18/h1-8,11-12,18H,9-10,20H2,(H,22,23). The van der Waals surface area contributed by atoms with E-state index in [9.17, 15) is 0 Å². The lowest BCUT2D eigenvalue weighted by molar-refractivity contribution is -0.0441. The first-order chi connectivity index (χ1) is 12.8. The fourth-order valence-electron chi connectivity index (χ4n) is 2.64. The van der Waals surface area contributed by atoms with Gasteiger partial charge in [-0.3, -0.25) is 5.43 Å². The molecule has 26 heavy (non-hydrogen) atoms. The van der Waals surface area contributed by atoms with Gasteiger partial charge in [0.1, 0.15) is 5.82 Å². The average Bonchev–Trinajstić information content (AvgIpc) is 3.35. The molecule has 0 saturated carbocycles. The molecule has 0 radical (unpaired) electrons. The number of aromatic nitrogens is 1. The maximum atomic E-state index is 5.57. The van der Waals surface area contributed by atoms with E-state index in [1.165, 1.54) is 11.3 Å². The van der Waals surface area contributed by atoms with Gasteiger partial charge >= 0.3 is 0 Å². The number of hydrogen-bond donors (Lipinski definition) is 2. The highest BCUT2D eigenvalue weighted by molar-refractivity contribution is 7.14. The summed E-state index contributed by atoms with van der Waals surface area (Å²) in [6.07, 6.45) is 1.52. The van der Waals surface area contributed by atoms with Crippen molar-refractivity contribution >= 4 is 28.5 Å². The second-order valence-electron chi connectivity index (χ2n) is 5.77.